The Hall–Kier alpha value is -0.820. The third-order valence-electron chi connectivity index (χ3n) is 2.28. The van der Waals surface area contributed by atoms with Crippen LogP contribution in [0.4, 0.5) is 10.6 Å². The van der Waals surface area contributed by atoms with Crippen molar-refractivity contribution in [3.05, 3.63) is 17.5 Å². The van der Waals surface area contributed by atoms with Gasteiger partial charge in [-0.3, -0.25) is 5.32 Å². The molecule has 0 bridgehead atoms. The van der Waals surface area contributed by atoms with E-state index in [1.54, 1.807) is 4.90 Å². The molecule has 1 aliphatic heterocycles. The van der Waals surface area contributed by atoms with Gasteiger partial charge in [0, 0.05) is 38.6 Å². The van der Waals surface area contributed by atoms with Crippen LogP contribution in [0.1, 0.15) is 0 Å². The van der Waals surface area contributed by atoms with Crippen LogP contribution in [0.25, 0.3) is 0 Å². The molecule has 102 valence electrons. The second-order valence-corrected chi connectivity index (χ2v) is 3.72. The van der Waals surface area contributed by atoms with Gasteiger partial charge < -0.3 is 10.2 Å². The Morgan fingerprint density at radius 3 is 2.50 bits per heavy atom. The number of urea groups is 1. The highest BCUT2D eigenvalue weighted by Gasteiger charge is 2.17. The van der Waals surface area contributed by atoms with Gasteiger partial charge in [0.2, 0.25) is 0 Å². The number of piperazine rings is 1. The van der Waals surface area contributed by atoms with E-state index >= 15 is 0 Å². The predicted molar refractivity (Wildman–Crippen MR) is 75.0 cm³/mol. The van der Waals surface area contributed by atoms with Gasteiger partial charge in [0.1, 0.15) is 0 Å². The number of halogens is 3. The van der Waals surface area contributed by atoms with Gasteiger partial charge in [0.05, 0.1) is 0 Å². The van der Waals surface area contributed by atoms with Crippen LogP contribution in [0.5, 0.6) is 0 Å². The number of anilines is 1. The fraction of sp³-hybridized carbons (Fsp3) is 0.444. The molecule has 0 saturated carbocycles. The van der Waals surface area contributed by atoms with Gasteiger partial charge in [0.25, 0.3) is 0 Å². The number of nitrogens with one attached hydrogen (secondary N) is 2. The molecule has 1 aromatic heterocycles. The number of aromatic nitrogens is 2. The summed E-state index contributed by atoms with van der Waals surface area (Å²) in [6.07, 6.45) is 2.96. The maximum Gasteiger partial charge on any atom is 0.323 e. The number of rotatable bonds is 1. The van der Waals surface area contributed by atoms with E-state index in [-0.39, 0.29) is 36.0 Å². The third-order valence-corrected chi connectivity index (χ3v) is 2.56. The summed E-state index contributed by atoms with van der Waals surface area (Å²) >= 11 is 5.79. The molecule has 0 aliphatic carbocycles. The molecule has 0 atom stereocenters. The molecule has 1 aromatic rings. The molecule has 1 aliphatic rings. The maximum atomic E-state index is 11.8. The third kappa shape index (κ3) is 4.45. The van der Waals surface area contributed by atoms with Gasteiger partial charge in [-0.1, -0.05) is 11.6 Å². The van der Waals surface area contributed by atoms with Crippen LogP contribution in [0.3, 0.4) is 0 Å². The fourth-order valence-corrected chi connectivity index (χ4v) is 1.61. The van der Waals surface area contributed by atoms with Crippen molar-refractivity contribution in [2.45, 2.75) is 0 Å². The molecule has 18 heavy (non-hydrogen) atoms. The van der Waals surface area contributed by atoms with E-state index in [1.165, 1.54) is 12.4 Å². The van der Waals surface area contributed by atoms with Crippen LogP contribution < -0.4 is 10.6 Å². The molecule has 0 radical (unpaired) electrons. The lowest BCUT2D eigenvalue weighted by Gasteiger charge is -2.27. The van der Waals surface area contributed by atoms with Crippen molar-refractivity contribution in [1.29, 1.82) is 0 Å². The summed E-state index contributed by atoms with van der Waals surface area (Å²) in [5.74, 6) is 0.299. The maximum absolute atomic E-state index is 11.8. The summed E-state index contributed by atoms with van der Waals surface area (Å²) in [6.45, 7) is 2.98. The van der Waals surface area contributed by atoms with Crippen molar-refractivity contribution in [2.24, 2.45) is 0 Å². The Morgan fingerprint density at radius 1 is 1.28 bits per heavy atom. The van der Waals surface area contributed by atoms with E-state index in [2.05, 4.69) is 20.6 Å². The summed E-state index contributed by atoms with van der Waals surface area (Å²) in [6, 6.07) is -0.191. The van der Waals surface area contributed by atoms with E-state index in [4.69, 9.17) is 11.6 Å². The first-order valence-corrected chi connectivity index (χ1v) is 5.38. The van der Waals surface area contributed by atoms with Crippen molar-refractivity contribution in [2.75, 3.05) is 31.5 Å². The SMILES string of the molecule is Cl.Cl.O=C(Nc1nccnc1Cl)N1CCNCC1. The number of carbonyl (C=O) groups is 1. The molecule has 9 heteroatoms. The van der Waals surface area contributed by atoms with E-state index in [0.717, 1.165) is 13.1 Å². The monoisotopic (exact) mass is 313 g/mol. The largest absolute Gasteiger partial charge is 0.323 e. The van der Waals surface area contributed by atoms with Gasteiger partial charge in [-0.05, 0) is 0 Å². The smallest absolute Gasteiger partial charge is 0.322 e. The van der Waals surface area contributed by atoms with Crippen molar-refractivity contribution in [3.63, 3.8) is 0 Å². The fourth-order valence-electron chi connectivity index (χ4n) is 1.45. The Kier molecular flexibility index (Phi) is 7.93. The van der Waals surface area contributed by atoms with E-state index in [1.807, 2.05) is 0 Å². The molecule has 2 amide bonds. The highest BCUT2D eigenvalue weighted by molar-refractivity contribution is 6.32. The Labute approximate surface area is 122 Å². The van der Waals surface area contributed by atoms with Crippen LogP contribution in [0.15, 0.2) is 12.4 Å². The highest BCUT2D eigenvalue weighted by Crippen LogP contribution is 2.14. The lowest BCUT2D eigenvalue weighted by Crippen LogP contribution is -2.48. The van der Waals surface area contributed by atoms with Crippen LogP contribution in [0.2, 0.25) is 5.15 Å². The van der Waals surface area contributed by atoms with Gasteiger partial charge in [-0.25, -0.2) is 14.8 Å². The highest BCUT2D eigenvalue weighted by atomic mass is 35.5. The zero-order valence-corrected chi connectivity index (χ0v) is 11.8. The molecule has 0 aromatic carbocycles. The number of carbonyl (C=O) groups excluding carboxylic acids is 1. The first kappa shape index (κ1) is 17.2. The first-order chi connectivity index (χ1) is 7.77. The van der Waals surface area contributed by atoms with Crippen molar-refractivity contribution < 1.29 is 4.79 Å². The van der Waals surface area contributed by atoms with Crippen molar-refractivity contribution >= 4 is 48.3 Å². The topological polar surface area (TPSA) is 70.2 Å². The van der Waals surface area contributed by atoms with E-state index in [0.29, 0.717) is 18.9 Å². The summed E-state index contributed by atoms with van der Waals surface area (Å²) in [7, 11) is 0. The van der Waals surface area contributed by atoms with Crippen LogP contribution in [0, 0.1) is 0 Å². The second kappa shape index (κ2) is 8.31. The Bertz CT molecular complexity index is 386. The van der Waals surface area contributed by atoms with Gasteiger partial charge in [-0.2, -0.15) is 0 Å². The Balaban J connectivity index is 0.00000144. The molecular weight excluding hydrogens is 300 g/mol. The molecular formula is C9H14Cl3N5O. The minimum absolute atomic E-state index is 0. The Morgan fingerprint density at radius 2 is 1.89 bits per heavy atom. The van der Waals surface area contributed by atoms with Crippen molar-refractivity contribution in [1.82, 2.24) is 20.2 Å². The number of nitrogens with zero attached hydrogens (tertiary/aromatic N) is 3. The van der Waals surface area contributed by atoms with Crippen molar-refractivity contribution in [3.8, 4) is 0 Å². The average Bonchev–Trinajstić information content (AvgIpc) is 2.33. The standard InChI is InChI=1S/C9H12ClN5O.2ClH/c10-7-8(13-2-1-12-7)14-9(16)15-5-3-11-4-6-15;;/h1-2,11H,3-6H2,(H,13,14,16);2*1H. The lowest BCUT2D eigenvalue weighted by molar-refractivity contribution is 0.204. The number of amides is 2. The summed E-state index contributed by atoms with van der Waals surface area (Å²) < 4.78 is 0. The minimum Gasteiger partial charge on any atom is -0.322 e. The summed E-state index contributed by atoms with van der Waals surface area (Å²) in [5.41, 5.74) is 0. The summed E-state index contributed by atoms with van der Waals surface area (Å²) in [4.78, 5) is 21.3. The molecule has 1 saturated heterocycles. The molecule has 2 N–H and O–H groups in total. The predicted octanol–water partition coefficient (Wildman–Crippen LogP) is 1.41. The van der Waals surface area contributed by atoms with Gasteiger partial charge >= 0.3 is 6.03 Å². The molecule has 0 unspecified atom stereocenters. The van der Waals surface area contributed by atoms with Crippen LogP contribution in [-0.4, -0.2) is 47.1 Å². The van der Waals surface area contributed by atoms with Crippen LogP contribution >= 0.6 is 36.4 Å². The zero-order valence-electron chi connectivity index (χ0n) is 9.43. The molecule has 6 nitrogen and oxygen atoms in total. The van der Waals surface area contributed by atoms with Gasteiger partial charge in [0.15, 0.2) is 11.0 Å². The zero-order chi connectivity index (χ0) is 11.4. The minimum atomic E-state index is -0.191. The molecule has 2 heterocycles. The van der Waals surface area contributed by atoms with Crippen LogP contribution in [-0.2, 0) is 0 Å². The van der Waals surface area contributed by atoms with E-state index < -0.39 is 0 Å². The normalized spacial score (nSPS) is 14.2. The molecule has 1 fully saturated rings. The summed E-state index contributed by atoms with van der Waals surface area (Å²) in [5, 5.41) is 6.00. The lowest BCUT2D eigenvalue weighted by atomic mass is 10.4. The first-order valence-electron chi connectivity index (χ1n) is 5.00. The van der Waals surface area contributed by atoms with E-state index in [9.17, 15) is 4.79 Å². The second-order valence-electron chi connectivity index (χ2n) is 3.36. The number of hydrogen-bond acceptors (Lipinski definition) is 4. The molecule has 2 rings (SSSR count). The average molecular weight is 315 g/mol. The number of hydrogen-bond donors (Lipinski definition) is 2. The van der Waals surface area contributed by atoms with Gasteiger partial charge in [-0.15, -0.1) is 24.8 Å². The molecule has 0 spiro atoms. The quantitative estimate of drug-likeness (QED) is 0.822.